The van der Waals surface area contributed by atoms with Crippen LogP contribution in [0.1, 0.15) is 29.5 Å². The van der Waals surface area contributed by atoms with Crippen molar-refractivity contribution in [3.8, 4) is 0 Å². The van der Waals surface area contributed by atoms with Crippen molar-refractivity contribution in [3.05, 3.63) is 34.9 Å². The Morgan fingerprint density at radius 3 is 2.93 bits per heavy atom. The van der Waals surface area contributed by atoms with E-state index in [1.165, 1.54) is 24.0 Å². The van der Waals surface area contributed by atoms with Crippen molar-refractivity contribution < 1.29 is 9.53 Å². The fraction of sp³-hybridized carbons (Fsp3) is 0.417. The van der Waals surface area contributed by atoms with E-state index < -0.39 is 5.30 Å². The topological polar surface area (TPSA) is 26.3 Å². The SMILES string of the molecule is O=C(S)OCc1cccc2c1CCCC2. The van der Waals surface area contributed by atoms with E-state index in [1.54, 1.807) is 0 Å². The third-order valence-electron chi connectivity index (χ3n) is 2.84. The van der Waals surface area contributed by atoms with Gasteiger partial charge in [-0.1, -0.05) is 30.8 Å². The summed E-state index contributed by atoms with van der Waals surface area (Å²) in [5.41, 5.74) is 3.92. The van der Waals surface area contributed by atoms with Gasteiger partial charge in [0.25, 0.3) is 0 Å². The molecule has 0 amide bonds. The molecular weight excluding hydrogens is 208 g/mol. The number of rotatable bonds is 2. The van der Waals surface area contributed by atoms with Crippen LogP contribution in [0.2, 0.25) is 0 Å². The third kappa shape index (κ3) is 2.53. The molecule has 0 saturated carbocycles. The number of carbonyl (C=O) groups is 1. The van der Waals surface area contributed by atoms with Crippen molar-refractivity contribution in [1.29, 1.82) is 0 Å². The summed E-state index contributed by atoms with van der Waals surface area (Å²) in [7, 11) is 0. The summed E-state index contributed by atoms with van der Waals surface area (Å²) >= 11 is 3.59. The van der Waals surface area contributed by atoms with Gasteiger partial charge in [-0.05, 0) is 42.4 Å². The molecular formula is C12H14O2S. The van der Waals surface area contributed by atoms with Crippen LogP contribution < -0.4 is 0 Å². The number of hydrogen-bond acceptors (Lipinski definition) is 2. The molecule has 0 radical (unpaired) electrons. The molecule has 1 aliphatic carbocycles. The van der Waals surface area contributed by atoms with Gasteiger partial charge in [-0.2, -0.15) is 0 Å². The van der Waals surface area contributed by atoms with Gasteiger partial charge in [0, 0.05) is 0 Å². The monoisotopic (exact) mass is 222 g/mol. The van der Waals surface area contributed by atoms with Crippen LogP contribution in [0.15, 0.2) is 18.2 Å². The van der Waals surface area contributed by atoms with Crippen LogP contribution in [-0.4, -0.2) is 5.30 Å². The van der Waals surface area contributed by atoms with E-state index >= 15 is 0 Å². The van der Waals surface area contributed by atoms with Crippen LogP contribution in [0.5, 0.6) is 0 Å². The molecule has 15 heavy (non-hydrogen) atoms. The average Bonchev–Trinajstić information content (AvgIpc) is 2.26. The second-order valence-corrected chi connectivity index (χ2v) is 4.18. The molecule has 0 unspecified atom stereocenters. The first-order valence-electron chi connectivity index (χ1n) is 5.23. The molecule has 0 aliphatic heterocycles. The highest BCUT2D eigenvalue weighted by molar-refractivity contribution is 7.96. The molecule has 2 rings (SSSR count). The number of fused-ring (bicyclic) bond motifs is 1. The van der Waals surface area contributed by atoms with Crippen LogP contribution in [0.4, 0.5) is 4.79 Å². The molecule has 1 aromatic rings. The van der Waals surface area contributed by atoms with Crippen molar-refractivity contribution >= 4 is 17.9 Å². The van der Waals surface area contributed by atoms with E-state index in [0.29, 0.717) is 6.61 Å². The summed E-state index contributed by atoms with van der Waals surface area (Å²) in [6, 6.07) is 6.23. The largest absolute Gasteiger partial charge is 0.453 e. The minimum atomic E-state index is -0.511. The summed E-state index contributed by atoms with van der Waals surface area (Å²) < 4.78 is 4.92. The van der Waals surface area contributed by atoms with Gasteiger partial charge in [-0.3, -0.25) is 0 Å². The lowest BCUT2D eigenvalue weighted by Crippen LogP contribution is -2.07. The fourth-order valence-corrected chi connectivity index (χ4v) is 2.20. The van der Waals surface area contributed by atoms with Crippen molar-refractivity contribution in [1.82, 2.24) is 0 Å². The molecule has 3 heteroatoms. The molecule has 1 aliphatic rings. The molecule has 0 bridgehead atoms. The minimum Gasteiger partial charge on any atom is -0.453 e. The summed E-state index contributed by atoms with van der Waals surface area (Å²) in [4.78, 5) is 10.6. The smallest absolute Gasteiger partial charge is 0.364 e. The maximum atomic E-state index is 10.6. The average molecular weight is 222 g/mol. The van der Waals surface area contributed by atoms with Gasteiger partial charge in [0.05, 0.1) is 0 Å². The standard InChI is InChI=1S/C12H14O2S/c13-12(15)14-8-10-6-3-5-9-4-1-2-7-11(9)10/h3,5-6H,1-2,4,7-8H2,(H,13,15). The van der Waals surface area contributed by atoms with E-state index in [2.05, 4.69) is 18.7 Å². The van der Waals surface area contributed by atoms with Gasteiger partial charge in [0.2, 0.25) is 0 Å². The van der Waals surface area contributed by atoms with E-state index in [-0.39, 0.29) is 0 Å². The van der Waals surface area contributed by atoms with E-state index in [1.807, 2.05) is 12.1 Å². The first kappa shape index (κ1) is 10.6. The van der Waals surface area contributed by atoms with Gasteiger partial charge in [0.1, 0.15) is 6.61 Å². The quantitative estimate of drug-likeness (QED) is 0.614. The highest BCUT2D eigenvalue weighted by atomic mass is 32.1. The lowest BCUT2D eigenvalue weighted by atomic mass is 9.88. The number of aryl methyl sites for hydroxylation is 1. The summed E-state index contributed by atoms with van der Waals surface area (Å²) in [5, 5.41) is -0.511. The zero-order valence-electron chi connectivity index (χ0n) is 8.53. The summed E-state index contributed by atoms with van der Waals surface area (Å²) in [5.74, 6) is 0. The Kier molecular flexibility index (Phi) is 3.31. The molecule has 0 atom stereocenters. The molecule has 1 aromatic carbocycles. The second-order valence-electron chi connectivity index (χ2n) is 3.82. The highest BCUT2D eigenvalue weighted by Gasteiger charge is 2.13. The Balaban J connectivity index is 2.19. The van der Waals surface area contributed by atoms with Crippen molar-refractivity contribution in [2.75, 3.05) is 0 Å². The Labute approximate surface area is 95.0 Å². The normalized spacial score (nSPS) is 14.5. The van der Waals surface area contributed by atoms with E-state index in [4.69, 9.17) is 4.74 Å². The molecule has 0 fully saturated rings. The van der Waals surface area contributed by atoms with Crippen molar-refractivity contribution in [3.63, 3.8) is 0 Å². The molecule has 0 spiro atoms. The maximum Gasteiger partial charge on any atom is 0.364 e. The van der Waals surface area contributed by atoms with Crippen molar-refractivity contribution in [2.45, 2.75) is 32.3 Å². The third-order valence-corrected chi connectivity index (χ3v) is 2.97. The van der Waals surface area contributed by atoms with Gasteiger partial charge in [0.15, 0.2) is 0 Å². The Bertz CT molecular complexity index is 374. The lowest BCUT2D eigenvalue weighted by molar-refractivity contribution is 0.169. The zero-order valence-corrected chi connectivity index (χ0v) is 9.43. The van der Waals surface area contributed by atoms with Crippen LogP contribution in [0.3, 0.4) is 0 Å². The molecule has 0 saturated heterocycles. The number of ether oxygens (including phenoxy) is 1. The van der Waals surface area contributed by atoms with Gasteiger partial charge >= 0.3 is 5.30 Å². The first-order chi connectivity index (χ1) is 7.27. The second kappa shape index (κ2) is 4.71. The summed E-state index contributed by atoms with van der Waals surface area (Å²) in [6.45, 7) is 0.353. The number of benzene rings is 1. The van der Waals surface area contributed by atoms with Gasteiger partial charge in [-0.25, -0.2) is 4.79 Å². The van der Waals surface area contributed by atoms with Crippen LogP contribution >= 0.6 is 12.6 Å². The first-order valence-corrected chi connectivity index (χ1v) is 5.67. The van der Waals surface area contributed by atoms with Crippen LogP contribution in [-0.2, 0) is 24.2 Å². The van der Waals surface area contributed by atoms with Gasteiger partial charge in [-0.15, -0.1) is 0 Å². The number of thiol groups is 1. The molecule has 0 aromatic heterocycles. The lowest BCUT2D eigenvalue weighted by Gasteiger charge is -2.18. The highest BCUT2D eigenvalue weighted by Crippen LogP contribution is 2.24. The van der Waals surface area contributed by atoms with E-state index in [0.717, 1.165) is 18.4 Å². The Morgan fingerprint density at radius 2 is 2.13 bits per heavy atom. The molecule has 2 nitrogen and oxygen atoms in total. The number of hydrogen-bond donors (Lipinski definition) is 1. The summed E-state index contributed by atoms with van der Waals surface area (Å²) in [6.07, 6.45) is 4.76. The number of carbonyl (C=O) groups excluding carboxylic acids is 1. The van der Waals surface area contributed by atoms with E-state index in [9.17, 15) is 4.79 Å². The van der Waals surface area contributed by atoms with Gasteiger partial charge < -0.3 is 4.74 Å². The van der Waals surface area contributed by atoms with Crippen LogP contribution in [0, 0.1) is 0 Å². The molecule has 80 valence electrons. The predicted molar refractivity (Wildman–Crippen MR) is 62.3 cm³/mol. The molecule has 0 N–H and O–H groups in total. The van der Waals surface area contributed by atoms with Crippen LogP contribution in [0.25, 0.3) is 0 Å². The maximum absolute atomic E-state index is 10.6. The fourth-order valence-electron chi connectivity index (χ4n) is 2.14. The predicted octanol–water partition coefficient (Wildman–Crippen LogP) is 3.13. The Hall–Kier alpha value is -0.960. The molecule has 0 heterocycles. The zero-order chi connectivity index (χ0) is 10.7. The minimum absolute atomic E-state index is 0.353. The Morgan fingerprint density at radius 1 is 1.33 bits per heavy atom. The van der Waals surface area contributed by atoms with Crippen molar-refractivity contribution in [2.24, 2.45) is 0 Å².